The average molecular weight is 328 g/mol. The number of para-hydroxylation sites is 1. The van der Waals surface area contributed by atoms with Gasteiger partial charge in [-0.1, -0.05) is 25.1 Å². The van der Waals surface area contributed by atoms with E-state index in [-0.39, 0.29) is 11.7 Å². The average Bonchev–Trinajstić information content (AvgIpc) is 2.54. The van der Waals surface area contributed by atoms with Crippen molar-refractivity contribution in [3.8, 4) is 0 Å². The zero-order chi connectivity index (χ0) is 16.8. The molecule has 0 spiro atoms. The summed E-state index contributed by atoms with van der Waals surface area (Å²) in [5.74, 6) is -1.81. The van der Waals surface area contributed by atoms with Gasteiger partial charge in [0, 0.05) is 35.5 Å². The minimum Gasteiger partial charge on any atom is -0.550 e. The Morgan fingerprint density at radius 2 is 1.74 bits per heavy atom. The minimum absolute atomic E-state index is 0.127. The van der Waals surface area contributed by atoms with Crippen molar-refractivity contribution in [2.24, 2.45) is 11.7 Å². The van der Waals surface area contributed by atoms with Crippen LogP contribution < -0.4 is 21.1 Å². The maximum Gasteiger partial charge on any atom is 0.170 e. The third-order valence-corrected chi connectivity index (χ3v) is 3.59. The fourth-order valence-electron chi connectivity index (χ4n) is 2.08. The summed E-state index contributed by atoms with van der Waals surface area (Å²) in [6.07, 6.45) is 0. The number of nitrogens with two attached hydrogens (primary N) is 1. The van der Waals surface area contributed by atoms with E-state index in [9.17, 15) is 9.90 Å². The van der Waals surface area contributed by atoms with Crippen molar-refractivity contribution in [2.75, 3.05) is 16.8 Å². The number of aliphatic carboxylic acids is 1. The highest BCUT2D eigenvalue weighted by Crippen LogP contribution is 2.22. The van der Waals surface area contributed by atoms with Crippen LogP contribution in [0.5, 0.6) is 0 Å². The molecule has 0 amide bonds. The second-order valence-corrected chi connectivity index (χ2v) is 5.63. The molecule has 0 heterocycles. The lowest BCUT2D eigenvalue weighted by Gasteiger charge is -2.27. The summed E-state index contributed by atoms with van der Waals surface area (Å²) < 4.78 is 0. The van der Waals surface area contributed by atoms with Gasteiger partial charge in [-0.3, -0.25) is 0 Å². The Bertz CT molecular complexity index is 674. The standard InChI is InChI=1S/C17H19N3O2S/c1-12(16(21)22)11-20(17(18)23)15-9-7-14(8-10-15)19-13-5-3-2-4-6-13/h2-10,12,19H,11H2,1H3,(H2,18,23)(H,21,22)/p-1/t12-/m1/s1. The van der Waals surface area contributed by atoms with Crippen LogP contribution in [0, 0.1) is 5.92 Å². The van der Waals surface area contributed by atoms with Gasteiger partial charge in [0.15, 0.2) is 5.11 Å². The predicted molar refractivity (Wildman–Crippen MR) is 94.5 cm³/mol. The summed E-state index contributed by atoms with van der Waals surface area (Å²) in [5, 5.41) is 14.3. The molecule has 0 aliphatic heterocycles. The van der Waals surface area contributed by atoms with Crippen molar-refractivity contribution in [3.05, 3.63) is 54.6 Å². The number of anilines is 3. The van der Waals surface area contributed by atoms with Gasteiger partial charge in [-0.25, -0.2) is 0 Å². The number of hydrogen-bond acceptors (Lipinski definition) is 4. The smallest absolute Gasteiger partial charge is 0.170 e. The van der Waals surface area contributed by atoms with Crippen LogP contribution in [-0.2, 0) is 4.79 Å². The third kappa shape index (κ3) is 4.69. The lowest BCUT2D eigenvalue weighted by Crippen LogP contribution is -2.43. The summed E-state index contributed by atoms with van der Waals surface area (Å²) >= 11 is 5.02. The van der Waals surface area contributed by atoms with Crippen LogP contribution in [0.15, 0.2) is 54.6 Å². The number of carboxylic acid groups (broad SMARTS) is 1. The van der Waals surface area contributed by atoms with Gasteiger partial charge in [0.05, 0.1) is 0 Å². The number of nitrogens with zero attached hydrogens (tertiary/aromatic N) is 1. The Kier molecular flexibility index (Phi) is 5.54. The number of carbonyl (C=O) groups excluding carboxylic acids is 1. The molecule has 5 nitrogen and oxygen atoms in total. The van der Waals surface area contributed by atoms with Gasteiger partial charge in [0.1, 0.15) is 0 Å². The molecule has 0 radical (unpaired) electrons. The van der Waals surface area contributed by atoms with Crippen molar-refractivity contribution < 1.29 is 9.90 Å². The molecule has 0 aliphatic rings. The topological polar surface area (TPSA) is 81.4 Å². The van der Waals surface area contributed by atoms with Gasteiger partial charge in [-0.05, 0) is 48.6 Å². The summed E-state index contributed by atoms with van der Waals surface area (Å²) in [4.78, 5) is 12.5. The number of benzene rings is 2. The molecule has 23 heavy (non-hydrogen) atoms. The first kappa shape index (κ1) is 16.8. The first-order valence-electron chi connectivity index (χ1n) is 7.17. The van der Waals surface area contributed by atoms with Gasteiger partial charge < -0.3 is 25.9 Å². The van der Waals surface area contributed by atoms with E-state index in [4.69, 9.17) is 18.0 Å². The maximum atomic E-state index is 10.9. The van der Waals surface area contributed by atoms with E-state index in [2.05, 4.69) is 5.32 Å². The molecule has 0 fully saturated rings. The molecule has 120 valence electrons. The molecule has 6 heteroatoms. The summed E-state index contributed by atoms with van der Waals surface area (Å²) in [7, 11) is 0. The number of thiocarbonyl (C=S) groups is 1. The number of carbonyl (C=O) groups is 1. The fraction of sp³-hybridized carbons (Fsp3) is 0.176. The molecule has 3 N–H and O–H groups in total. The lowest BCUT2D eigenvalue weighted by atomic mass is 10.1. The Hall–Kier alpha value is -2.60. The zero-order valence-corrected chi connectivity index (χ0v) is 13.5. The van der Waals surface area contributed by atoms with Crippen molar-refractivity contribution >= 4 is 40.4 Å². The van der Waals surface area contributed by atoms with E-state index in [1.807, 2.05) is 54.6 Å². The van der Waals surface area contributed by atoms with Crippen LogP contribution in [0.25, 0.3) is 0 Å². The molecule has 0 unspecified atom stereocenters. The van der Waals surface area contributed by atoms with Gasteiger partial charge >= 0.3 is 0 Å². The molecule has 2 aromatic rings. The molecule has 0 aromatic heterocycles. The number of carboxylic acids is 1. The van der Waals surface area contributed by atoms with Gasteiger partial charge in [-0.2, -0.15) is 0 Å². The summed E-state index contributed by atoms with van der Waals surface area (Å²) in [6.45, 7) is 1.73. The van der Waals surface area contributed by atoms with Crippen molar-refractivity contribution in [1.82, 2.24) is 0 Å². The monoisotopic (exact) mass is 328 g/mol. The highest BCUT2D eigenvalue weighted by molar-refractivity contribution is 7.80. The largest absolute Gasteiger partial charge is 0.550 e. The van der Waals surface area contributed by atoms with E-state index < -0.39 is 11.9 Å². The number of nitrogens with one attached hydrogen (secondary N) is 1. The minimum atomic E-state index is -1.13. The number of hydrogen-bond donors (Lipinski definition) is 2. The van der Waals surface area contributed by atoms with Gasteiger partial charge in [0.25, 0.3) is 0 Å². The molecule has 0 bridgehead atoms. The molecule has 2 rings (SSSR count). The van der Waals surface area contributed by atoms with Crippen LogP contribution in [0.3, 0.4) is 0 Å². The van der Waals surface area contributed by atoms with E-state index in [1.54, 1.807) is 11.8 Å². The van der Waals surface area contributed by atoms with Crippen LogP contribution in [0.4, 0.5) is 17.1 Å². The highest BCUT2D eigenvalue weighted by atomic mass is 32.1. The molecular formula is C17H18N3O2S-. The molecular weight excluding hydrogens is 310 g/mol. The molecule has 0 saturated heterocycles. The Balaban J connectivity index is 2.12. The van der Waals surface area contributed by atoms with E-state index in [0.29, 0.717) is 0 Å². The zero-order valence-electron chi connectivity index (χ0n) is 12.7. The molecule has 1 atom stereocenters. The van der Waals surface area contributed by atoms with Crippen molar-refractivity contribution in [2.45, 2.75) is 6.92 Å². The molecule has 0 aliphatic carbocycles. The van der Waals surface area contributed by atoms with E-state index >= 15 is 0 Å². The maximum absolute atomic E-state index is 10.9. The lowest BCUT2D eigenvalue weighted by molar-refractivity contribution is -0.310. The number of rotatable bonds is 6. The van der Waals surface area contributed by atoms with Gasteiger partial charge in [0.2, 0.25) is 0 Å². The SMILES string of the molecule is C[C@H](CN(C(N)=S)c1ccc(Nc2ccccc2)cc1)C(=O)[O-]. The van der Waals surface area contributed by atoms with Crippen molar-refractivity contribution in [1.29, 1.82) is 0 Å². The van der Waals surface area contributed by atoms with Crippen LogP contribution >= 0.6 is 12.2 Å². The molecule has 2 aromatic carbocycles. The van der Waals surface area contributed by atoms with Gasteiger partial charge in [-0.15, -0.1) is 0 Å². The van der Waals surface area contributed by atoms with Crippen LogP contribution in [0.2, 0.25) is 0 Å². The fourth-order valence-corrected chi connectivity index (χ4v) is 2.26. The van der Waals surface area contributed by atoms with E-state index in [1.165, 1.54) is 0 Å². The first-order valence-corrected chi connectivity index (χ1v) is 7.58. The second-order valence-electron chi connectivity index (χ2n) is 5.21. The van der Waals surface area contributed by atoms with Crippen LogP contribution in [-0.4, -0.2) is 17.6 Å². The summed E-state index contributed by atoms with van der Waals surface area (Å²) in [5.41, 5.74) is 8.34. The normalized spacial score (nSPS) is 11.5. The summed E-state index contributed by atoms with van der Waals surface area (Å²) in [6, 6.07) is 17.2. The quantitative estimate of drug-likeness (QED) is 0.788. The van der Waals surface area contributed by atoms with Crippen LogP contribution in [0.1, 0.15) is 6.92 Å². The van der Waals surface area contributed by atoms with Crippen molar-refractivity contribution in [3.63, 3.8) is 0 Å². The second kappa shape index (κ2) is 7.60. The Morgan fingerprint density at radius 3 is 2.26 bits per heavy atom. The Labute approximate surface area is 140 Å². The third-order valence-electron chi connectivity index (χ3n) is 3.37. The Morgan fingerprint density at radius 1 is 1.17 bits per heavy atom. The predicted octanol–water partition coefficient (Wildman–Crippen LogP) is 1.87. The van der Waals surface area contributed by atoms with E-state index in [0.717, 1.165) is 17.1 Å². The first-order chi connectivity index (χ1) is 11.0. The highest BCUT2D eigenvalue weighted by Gasteiger charge is 2.14. The molecule has 0 saturated carbocycles.